The van der Waals surface area contributed by atoms with Crippen LogP contribution in [0.2, 0.25) is 0 Å². The van der Waals surface area contributed by atoms with E-state index in [-0.39, 0.29) is 5.78 Å². The quantitative estimate of drug-likeness (QED) is 0.162. The minimum Gasteiger partial charge on any atom is -0.457 e. The van der Waals surface area contributed by atoms with Crippen molar-refractivity contribution in [2.75, 3.05) is 0 Å². The Kier molecular flexibility index (Phi) is 16.6. The molecule has 7 aromatic rings. The number of benzene rings is 7. The summed E-state index contributed by atoms with van der Waals surface area (Å²) in [7, 11) is 0. The molecule has 7 rings (SSSR count). The number of ether oxygens (including phenoxy) is 1. The Bertz CT molecular complexity index is 2430. The minimum atomic E-state index is 0.0983. The van der Waals surface area contributed by atoms with Gasteiger partial charge in [0.2, 0.25) is 0 Å². The van der Waals surface area contributed by atoms with Crippen LogP contribution in [-0.4, -0.2) is 5.78 Å². The van der Waals surface area contributed by atoms with E-state index in [1.165, 1.54) is 83.5 Å². The standard InChI is InChI=1S/C17H18O.C16H18.C15H16O.C10H14/c1-11-5-7-15(9-13(11)3)17(18)16-8-6-12(2)14(4)10-16;1-11-5-7-15(9-13(11)3)16-8-6-12(2)14(4)10-16;1-11-5-4-6-14(9-11)16-15-8-7-12(2)13(3)10-15;1-7-5-9(3)10(4)6-8(7)2/h5-10H,1-4H3;5-10H,1-4H3;4-10H,1-3H3;5-6H,1-4H3. The van der Waals surface area contributed by atoms with Crippen LogP contribution in [0.5, 0.6) is 11.5 Å². The Morgan fingerprint density at radius 3 is 1.00 bits per heavy atom. The monoisotopic (exact) mass is 795 g/mol. The van der Waals surface area contributed by atoms with Crippen molar-refractivity contribution in [1.82, 2.24) is 0 Å². The Morgan fingerprint density at radius 2 is 0.633 bits per heavy atom. The van der Waals surface area contributed by atoms with Crippen molar-refractivity contribution in [1.29, 1.82) is 0 Å². The van der Waals surface area contributed by atoms with E-state index in [0.29, 0.717) is 0 Å². The van der Waals surface area contributed by atoms with Crippen LogP contribution in [0.4, 0.5) is 0 Å². The van der Waals surface area contributed by atoms with Gasteiger partial charge in [0.25, 0.3) is 0 Å². The first-order chi connectivity index (χ1) is 28.3. The summed E-state index contributed by atoms with van der Waals surface area (Å²) in [6, 6.07) is 43.8. The minimum absolute atomic E-state index is 0.0983. The fraction of sp³-hybridized carbons (Fsp3) is 0.259. The fourth-order valence-corrected chi connectivity index (χ4v) is 6.47. The zero-order valence-corrected chi connectivity index (χ0v) is 38.9. The van der Waals surface area contributed by atoms with Gasteiger partial charge >= 0.3 is 0 Å². The first kappa shape index (κ1) is 46.7. The second-order valence-electron chi connectivity index (χ2n) is 16.7. The number of aryl methyl sites for hydroxylation is 15. The number of rotatable bonds is 5. The number of hydrogen-bond acceptors (Lipinski definition) is 2. The molecule has 0 aliphatic heterocycles. The van der Waals surface area contributed by atoms with Crippen molar-refractivity contribution in [2.45, 2.75) is 104 Å². The number of hydrogen-bond donors (Lipinski definition) is 0. The number of ketones is 1. The maximum absolute atomic E-state index is 12.4. The molecule has 0 aromatic heterocycles. The highest BCUT2D eigenvalue weighted by Gasteiger charge is 2.11. The van der Waals surface area contributed by atoms with Gasteiger partial charge in [-0.1, -0.05) is 91.0 Å². The summed E-state index contributed by atoms with van der Waals surface area (Å²) in [6.07, 6.45) is 0. The van der Waals surface area contributed by atoms with Gasteiger partial charge in [-0.3, -0.25) is 4.79 Å². The smallest absolute Gasteiger partial charge is 0.193 e. The summed E-state index contributed by atoms with van der Waals surface area (Å²) >= 11 is 0. The van der Waals surface area contributed by atoms with Crippen LogP contribution in [0.1, 0.15) is 99.4 Å². The van der Waals surface area contributed by atoms with Crippen molar-refractivity contribution in [3.05, 3.63) is 222 Å². The predicted molar refractivity (Wildman–Crippen MR) is 259 cm³/mol. The molecule has 0 aliphatic carbocycles. The third-order valence-electron chi connectivity index (χ3n) is 11.7. The van der Waals surface area contributed by atoms with E-state index in [1.807, 2.05) is 74.5 Å². The summed E-state index contributed by atoms with van der Waals surface area (Å²) in [5.41, 5.74) is 23.6. The van der Waals surface area contributed by atoms with Crippen molar-refractivity contribution >= 4 is 5.78 Å². The SMILES string of the molecule is Cc1cc(C)c(C)cc1C.Cc1ccc(-c2ccc(C)c(C)c2)cc1C.Cc1ccc(C(=O)c2ccc(C)c(C)c2)cc1C.Cc1cccc(Oc2ccc(C)c(C)c2)c1. The lowest BCUT2D eigenvalue weighted by atomic mass is 9.97. The molecule has 60 heavy (non-hydrogen) atoms. The van der Waals surface area contributed by atoms with Crippen molar-refractivity contribution in [3.63, 3.8) is 0 Å². The lowest BCUT2D eigenvalue weighted by molar-refractivity contribution is 0.103. The van der Waals surface area contributed by atoms with Crippen LogP contribution in [-0.2, 0) is 0 Å². The van der Waals surface area contributed by atoms with E-state index in [9.17, 15) is 4.79 Å². The van der Waals surface area contributed by atoms with Crippen molar-refractivity contribution in [2.24, 2.45) is 0 Å². The Morgan fingerprint density at radius 1 is 0.300 bits per heavy atom. The molecule has 0 N–H and O–H groups in total. The average Bonchev–Trinajstić information content (AvgIpc) is 3.20. The van der Waals surface area contributed by atoms with Gasteiger partial charge in [-0.2, -0.15) is 0 Å². The van der Waals surface area contributed by atoms with Crippen LogP contribution in [0, 0.1) is 104 Å². The molecule has 0 spiro atoms. The van der Waals surface area contributed by atoms with E-state index < -0.39 is 0 Å². The fourth-order valence-electron chi connectivity index (χ4n) is 6.47. The second kappa shape index (κ2) is 21.3. The predicted octanol–water partition coefficient (Wildman–Crippen LogP) is 16.1. The Balaban J connectivity index is 0.000000180. The molecule has 0 saturated heterocycles. The van der Waals surface area contributed by atoms with Gasteiger partial charge in [-0.25, -0.2) is 0 Å². The van der Waals surface area contributed by atoms with Gasteiger partial charge < -0.3 is 4.74 Å². The van der Waals surface area contributed by atoms with E-state index in [2.05, 4.69) is 157 Å². The Hall–Kier alpha value is -5.99. The molecule has 0 heterocycles. The Labute approximate surface area is 362 Å². The van der Waals surface area contributed by atoms with Gasteiger partial charge in [0.05, 0.1) is 0 Å². The molecule has 0 unspecified atom stereocenters. The largest absolute Gasteiger partial charge is 0.457 e. The van der Waals surface area contributed by atoms with Crippen LogP contribution in [0.15, 0.2) is 127 Å². The first-order valence-corrected chi connectivity index (χ1v) is 21.0. The topological polar surface area (TPSA) is 26.3 Å². The molecule has 2 nitrogen and oxygen atoms in total. The van der Waals surface area contributed by atoms with Crippen LogP contribution in [0.3, 0.4) is 0 Å². The van der Waals surface area contributed by atoms with E-state index >= 15 is 0 Å². The molecule has 0 atom stereocenters. The lowest BCUT2D eigenvalue weighted by Gasteiger charge is -2.08. The summed E-state index contributed by atoms with van der Waals surface area (Å²) in [5.74, 6) is 1.89. The molecule has 310 valence electrons. The molecular formula is C58H66O2. The number of carbonyl (C=O) groups excluding carboxylic acids is 1. The third kappa shape index (κ3) is 13.3. The van der Waals surface area contributed by atoms with Crippen molar-refractivity contribution in [3.8, 4) is 22.6 Å². The summed E-state index contributed by atoms with van der Waals surface area (Å²) < 4.78 is 5.80. The maximum atomic E-state index is 12.4. The molecule has 2 heteroatoms. The molecule has 0 fully saturated rings. The van der Waals surface area contributed by atoms with Crippen LogP contribution in [0.25, 0.3) is 11.1 Å². The van der Waals surface area contributed by atoms with Gasteiger partial charge in [0, 0.05) is 11.1 Å². The molecular weight excluding hydrogens is 729 g/mol. The van der Waals surface area contributed by atoms with Gasteiger partial charge in [-0.15, -0.1) is 0 Å². The molecule has 0 amide bonds. The third-order valence-corrected chi connectivity index (χ3v) is 11.7. The second-order valence-corrected chi connectivity index (χ2v) is 16.7. The first-order valence-electron chi connectivity index (χ1n) is 21.0. The highest BCUT2D eigenvalue weighted by molar-refractivity contribution is 6.09. The highest BCUT2D eigenvalue weighted by atomic mass is 16.5. The molecule has 0 bridgehead atoms. The highest BCUT2D eigenvalue weighted by Crippen LogP contribution is 2.26. The molecule has 0 aliphatic rings. The molecule has 0 radical (unpaired) electrons. The summed E-state index contributed by atoms with van der Waals surface area (Å²) in [5, 5.41) is 0. The lowest BCUT2D eigenvalue weighted by Crippen LogP contribution is -2.03. The molecule has 7 aromatic carbocycles. The van der Waals surface area contributed by atoms with E-state index in [0.717, 1.165) is 33.8 Å². The number of carbonyl (C=O) groups is 1. The van der Waals surface area contributed by atoms with E-state index in [4.69, 9.17) is 4.74 Å². The average molecular weight is 795 g/mol. The van der Waals surface area contributed by atoms with Gasteiger partial charge in [-0.05, 0) is 235 Å². The zero-order valence-electron chi connectivity index (χ0n) is 38.9. The normalized spacial score (nSPS) is 10.3. The van der Waals surface area contributed by atoms with Crippen LogP contribution >= 0.6 is 0 Å². The maximum Gasteiger partial charge on any atom is 0.193 e. The summed E-state index contributed by atoms with van der Waals surface area (Å²) in [6.45, 7) is 31.7. The van der Waals surface area contributed by atoms with E-state index in [1.54, 1.807) is 0 Å². The van der Waals surface area contributed by atoms with Crippen molar-refractivity contribution < 1.29 is 9.53 Å². The van der Waals surface area contributed by atoms with Crippen LogP contribution < -0.4 is 4.74 Å². The van der Waals surface area contributed by atoms with Gasteiger partial charge in [0.1, 0.15) is 11.5 Å². The zero-order chi connectivity index (χ0) is 44.3. The molecule has 0 saturated carbocycles. The summed E-state index contributed by atoms with van der Waals surface area (Å²) in [4.78, 5) is 12.4. The van der Waals surface area contributed by atoms with Gasteiger partial charge in [0.15, 0.2) is 5.78 Å².